The smallest absolute Gasteiger partial charge is 0.216 e. The van der Waals surface area contributed by atoms with Gasteiger partial charge < -0.3 is 9.47 Å². The van der Waals surface area contributed by atoms with Gasteiger partial charge in [-0.3, -0.25) is 0 Å². The van der Waals surface area contributed by atoms with Gasteiger partial charge in [-0.05, 0) is 12.8 Å². The van der Waals surface area contributed by atoms with Gasteiger partial charge in [-0.1, -0.05) is 6.92 Å². The first-order valence-electron chi connectivity index (χ1n) is 6.35. The molecule has 18 heavy (non-hydrogen) atoms. The Labute approximate surface area is 113 Å². The molecule has 0 aromatic carbocycles. The van der Waals surface area contributed by atoms with Crippen LogP contribution in [0.15, 0.2) is 12.4 Å². The van der Waals surface area contributed by atoms with E-state index in [1.54, 1.807) is 7.11 Å². The van der Waals surface area contributed by atoms with Crippen molar-refractivity contribution in [3.63, 3.8) is 0 Å². The molecule has 4 nitrogen and oxygen atoms in total. The third-order valence-electron chi connectivity index (χ3n) is 3.44. The first kappa shape index (κ1) is 13.6. The van der Waals surface area contributed by atoms with Crippen molar-refractivity contribution in [2.45, 2.75) is 37.7 Å². The standard InChI is InChI=1S/C13H19ClN2O2/c1-3-12-10(4-5-18-12)11(14)6-9-7-13(17-2)16-8-15-9/h7-8,10-12H,3-6H2,1-2H3. The Bertz CT molecular complexity index is 389. The number of hydrogen-bond acceptors (Lipinski definition) is 4. The highest BCUT2D eigenvalue weighted by atomic mass is 35.5. The molecule has 0 amide bonds. The zero-order valence-corrected chi connectivity index (χ0v) is 11.6. The maximum Gasteiger partial charge on any atom is 0.216 e. The van der Waals surface area contributed by atoms with Gasteiger partial charge in [0.1, 0.15) is 6.33 Å². The molecule has 100 valence electrons. The lowest BCUT2D eigenvalue weighted by Gasteiger charge is -2.21. The van der Waals surface area contributed by atoms with Crippen LogP contribution in [0.25, 0.3) is 0 Å². The lowest BCUT2D eigenvalue weighted by molar-refractivity contribution is 0.0864. The summed E-state index contributed by atoms with van der Waals surface area (Å²) in [6.45, 7) is 2.96. The van der Waals surface area contributed by atoms with Gasteiger partial charge in [0.25, 0.3) is 0 Å². The summed E-state index contributed by atoms with van der Waals surface area (Å²) in [4.78, 5) is 8.23. The van der Waals surface area contributed by atoms with Crippen LogP contribution < -0.4 is 4.74 Å². The van der Waals surface area contributed by atoms with Crippen molar-refractivity contribution in [1.29, 1.82) is 0 Å². The maximum atomic E-state index is 6.51. The molecule has 1 aliphatic rings. The molecule has 0 radical (unpaired) electrons. The summed E-state index contributed by atoms with van der Waals surface area (Å²) in [5, 5.41) is 0.0528. The van der Waals surface area contributed by atoms with E-state index in [9.17, 15) is 0 Å². The van der Waals surface area contributed by atoms with Crippen molar-refractivity contribution in [3.8, 4) is 5.88 Å². The largest absolute Gasteiger partial charge is 0.481 e. The van der Waals surface area contributed by atoms with E-state index in [4.69, 9.17) is 21.1 Å². The Morgan fingerprint density at radius 2 is 2.39 bits per heavy atom. The quantitative estimate of drug-likeness (QED) is 0.771. The first-order valence-corrected chi connectivity index (χ1v) is 6.78. The van der Waals surface area contributed by atoms with Crippen molar-refractivity contribution >= 4 is 11.6 Å². The minimum atomic E-state index is 0.0528. The average Bonchev–Trinajstić information content (AvgIpc) is 2.87. The summed E-state index contributed by atoms with van der Waals surface area (Å²) >= 11 is 6.51. The molecule has 3 atom stereocenters. The predicted molar refractivity (Wildman–Crippen MR) is 70.1 cm³/mol. The maximum absolute atomic E-state index is 6.51. The fourth-order valence-corrected chi connectivity index (χ4v) is 2.90. The molecule has 1 fully saturated rings. The Balaban J connectivity index is 1.99. The van der Waals surface area contributed by atoms with Crippen LogP contribution in [0.1, 0.15) is 25.5 Å². The van der Waals surface area contributed by atoms with Crippen molar-refractivity contribution in [1.82, 2.24) is 9.97 Å². The molecule has 0 aliphatic carbocycles. The van der Waals surface area contributed by atoms with Gasteiger partial charge in [-0.2, -0.15) is 0 Å². The second-order valence-corrected chi connectivity index (χ2v) is 5.10. The van der Waals surface area contributed by atoms with E-state index in [0.29, 0.717) is 11.8 Å². The SMILES string of the molecule is CCC1OCCC1C(Cl)Cc1cc(OC)ncn1. The van der Waals surface area contributed by atoms with Crippen LogP contribution >= 0.6 is 11.6 Å². The summed E-state index contributed by atoms with van der Waals surface area (Å²) in [6, 6.07) is 1.84. The average molecular weight is 271 g/mol. The van der Waals surface area contributed by atoms with Crippen molar-refractivity contribution in [2.75, 3.05) is 13.7 Å². The molecule has 1 aliphatic heterocycles. The van der Waals surface area contributed by atoms with Crippen LogP contribution in [0.5, 0.6) is 5.88 Å². The number of rotatable bonds is 5. The highest BCUT2D eigenvalue weighted by Crippen LogP contribution is 2.31. The monoisotopic (exact) mass is 270 g/mol. The molecular weight excluding hydrogens is 252 g/mol. The lowest BCUT2D eigenvalue weighted by atomic mass is 9.93. The highest BCUT2D eigenvalue weighted by Gasteiger charge is 2.32. The van der Waals surface area contributed by atoms with Crippen LogP contribution in [-0.2, 0) is 11.2 Å². The minimum absolute atomic E-state index is 0.0528. The Morgan fingerprint density at radius 1 is 1.56 bits per heavy atom. The Kier molecular flexibility index (Phi) is 4.78. The van der Waals surface area contributed by atoms with Gasteiger partial charge in [-0.25, -0.2) is 9.97 Å². The Morgan fingerprint density at radius 3 is 3.11 bits per heavy atom. The van der Waals surface area contributed by atoms with Crippen molar-refractivity contribution in [3.05, 3.63) is 18.1 Å². The zero-order chi connectivity index (χ0) is 13.0. The molecule has 5 heteroatoms. The number of alkyl halides is 1. The van der Waals surface area contributed by atoms with E-state index in [2.05, 4.69) is 16.9 Å². The van der Waals surface area contributed by atoms with Gasteiger partial charge in [0.15, 0.2) is 0 Å². The molecular formula is C13H19ClN2O2. The number of methoxy groups -OCH3 is 1. The normalized spacial score (nSPS) is 25.1. The first-order chi connectivity index (χ1) is 8.74. The fourth-order valence-electron chi connectivity index (χ4n) is 2.45. The molecule has 0 N–H and O–H groups in total. The molecule has 0 spiro atoms. The van der Waals surface area contributed by atoms with Gasteiger partial charge in [-0.15, -0.1) is 11.6 Å². The minimum Gasteiger partial charge on any atom is -0.481 e. The van der Waals surface area contributed by atoms with E-state index in [1.807, 2.05) is 6.07 Å². The molecule has 2 heterocycles. The number of ether oxygens (including phenoxy) is 2. The molecule has 1 aromatic heterocycles. The molecule has 1 saturated heterocycles. The summed E-state index contributed by atoms with van der Waals surface area (Å²) in [5.41, 5.74) is 0.920. The van der Waals surface area contributed by atoms with E-state index >= 15 is 0 Å². The Hall–Kier alpha value is -0.870. The third-order valence-corrected chi connectivity index (χ3v) is 3.92. The number of hydrogen-bond donors (Lipinski definition) is 0. The summed E-state index contributed by atoms with van der Waals surface area (Å²) in [6.07, 6.45) is 4.58. The summed E-state index contributed by atoms with van der Waals surface area (Å²) < 4.78 is 10.8. The molecule has 2 rings (SSSR count). The van der Waals surface area contributed by atoms with Crippen molar-refractivity contribution in [2.24, 2.45) is 5.92 Å². The van der Waals surface area contributed by atoms with E-state index < -0.39 is 0 Å². The van der Waals surface area contributed by atoms with Crippen LogP contribution in [0.3, 0.4) is 0 Å². The lowest BCUT2D eigenvalue weighted by Crippen LogP contribution is -2.26. The van der Waals surface area contributed by atoms with Gasteiger partial charge >= 0.3 is 0 Å². The van der Waals surface area contributed by atoms with Crippen LogP contribution in [-0.4, -0.2) is 35.2 Å². The van der Waals surface area contributed by atoms with Crippen LogP contribution in [0.4, 0.5) is 0 Å². The molecule has 1 aromatic rings. The fraction of sp³-hybridized carbons (Fsp3) is 0.692. The summed E-state index contributed by atoms with van der Waals surface area (Å²) in [5.74, 6) is 0.996. The van der Waals surface area contributed by atoms with Gasteiger partial charge in [0.05, 0.1) is 13.2 Å². The second kappa shape index (κ2) is 6.34. The van der Waals surface area contributed by atoms with E-state index in [-0.39, 0.29) is 11.5 Å². The van der Waals surface area contributed by atoms with E-state index in [0.717, 1.165) is 31.6 Å². The van der Waals surface area contributed by atoms with Crippen LogP contribution in [0, 0.1) is 5.92 Å². The number of nitrogens with zero attached hydrogens (tertiary/aromatic N) is 2. The predicted octanol–water partition coefficient (Wildman–Crippen LogP) is 2.45. The van der Waals surface area contributed by atoms with Crippen LogP contribution in [0.2, 0.25) is 0 Å². The van der Waals surface area contributed by atoms with Crippen molar-refractivity contribution < 1.29 is 9.47 Å². The topological polar surface area (TPSA) is 44.2 Å². The number of halogens is 1. The highest BCUT2D eigenvalue weighted by molar-refractivity contribution is 6.21. The number of aromatic nitrogens is 2. The molecule has 0 saturated carbocycles. The van der Waals surface area contributed by atoms with Gasteiger partial charge in [0.2, 0.25) is 5.88 Å². The molecule has 0 bridgehead atoms. The van der Waals surface area contributed by atoms with Gasteiger partial charge in [0, 0.05) is 36.1 Å². The second-order valence-electron chi connectivity index (χ2n) is 4.54. The summed E-state index contributed by atoms with van der Waals surface area (Å²) in [7, 11) is 1.60. The van der Waals surface area contributed by atoms with E-state index in [1.165, 1.54) is 6.33 Å². The zero-order valence-electron chi connectivity index (χ0n) is 10.8. The molecule has 3 unspecified atom stereocenters. The third kappa shape index (κ3) is 3.12.